The number of aromatic nitrogens is 1. The number of hydrogen-bond acceptors (Lipinski definition) is 3. The molecule has 1 aromatic heterocycles. The van der Waals surface area contributed by atoms with Gasteiger partial charge in [0.2, 0.25) is 0 Å². The van der Waals surface area contributed by atoms with E-state index in [1.54, 1.807) is 0 Å². The molecule has 0 aliphatic carbocycles. The summed E-state index contributed by atoms with van der Waals surface area (Å²) >= 11 is 0. The lowest BCUT2D eigenvalue weighted by Gasteiger charge is -2.32. The van der Waals surface area contributed by atoms with Crippen LogP contribution >= 0.6 is 0 Å². The third-order valence-electron chi connectivity index (χ3n) is 3.44. The maximum atomic E-state index is 4.08. The normalized spacial score (nSPS) is 18.8. The van der Waals surface area contributed by atoms with Crippen molar-refractivity contribution in [3.8, 4) is 0 Å². The molecule has 1 aliphatic heterocycles. The van der Waals surface area contributed by atoms with Gasteiger partial charge in [-0.15, -0.1) is 0 Å². The van der Waals surface area contributed by atoms with Crippen LogP contribution in [0.2, 0.25) is 0 Å². The van der Waals surface area contributed by atoms with E-state index < -0.39 is 0 Å². The molecule has 3 heteroatoms. The van der Waals surface area contributed by atoms with E-state index in [0.29, 0.717) is 0 Å². The van der Waals surface area contributed by atoms with Gasteiger partial charge in [-0.2, -0.15) is 0 Å². The minimum atomic E-state index is 0.744. The SMILES string of the molecule is CNCCN1CCC(c2ccncc2)CC1. The molecule has 1 N–H and O–H groups in total. The van der Waals surface area contributed by atoms with Crippen molar-refractivity contribution in [1.82, 2.24) is 15.2 Å². The van der Waals surface area contributed by atoms with Crippen LogP contribution in [0.5, 0.6) is 0 Å². The molecule has 0 radical (unpaired) electrons. The second kappa shape index (κ2) is 5.97. The molecule has 88 valence electrons. The molecule has 1 fully saturated rings. The number of nitrogens with one attached hydrogen (secondary N) is 1. The van der Waals surface area contributed by atoms with Crippen molar-refractivity contribution < 1.29 is 0 Å². The van der Waals surface area contributed by atoms with Gasteiger partial charge >= 0.3 is 0 Å². The Hall–Kier alpha value is -0.930. The van der Waals surface area contributed by atoms with E-state index in [2.05, 4.69) is 27.3 Å². The predicted octanol–water partition coefficient (Wildman–Crippen LogP) is 1.48. The van der Waals surface area contributed by atoms with Crippen molar-refractivity contribution in [2.75, 3.05) is 33.2 Å². The Bertz CT molecular complexity index is 291. The van der Waals surface area contributed by atoms with Crippen LogP contribution in [0.15, 0.2) is 24.5 Å². The molecule has 3 nitrogen and oxygen atoms in total. The van der Waals surface area contributed by atoms with Gasteiger partial charge in [-0.25, -0.2) is 0 Å². The molecule has 0 amide bonds. The number of pyridine rings is 1. The molecule has 0 saturated carbocycles. The summed E-state index contributed by atoms with van der Waals surface area (Å²) < 4.78 is 0. The number of piperidine rings is 1. The Balaban J connectivity index is 1.81. The maximum absolute atomic E-state index is 4.08. The zero-order valence-electron chi connectivity index (χ0n) is 10.0. The molecular formula is C13H21N3. The summed E-state index contributed by atoms with van der Waals surface area (Å²) in [7, 11) is 2.02. The van der Waals surface area contributed by atoms with E-state index in [0.717, 1.165) is 12.5 Å². The summed E-state index contributed by atoms with van der Waals surface area (Å²) in [6, 6.07) is 4.32. The van der Waals surface area contributed by atoms with Crippen molar-refractivity contribution in [2.45, 2.75) is 18.8 Å². The molecule has 0 unspecified atom stereocenters. The highest BCUT2D eigenvalue weighted by Crippen LogP contribution is 2.26. The van der Waals surface area contributed by atoms with Crippen LogP contribution in [0.1, 0.15) is 24.3 Å². The lowest BCUT2D eigenvalue weighted by molar-refractivity contribution is 0.214. The zero-order chi connectivity index (χ0) is 11.2. The first kappa shape index (κ1) is 11.6. The van der Waals surface area contributed by atoms with E-state index in [4.69, 9.17) is 0 Å². The Kier molecular flexibility index (Phi) is 4.31. The average molecular weight is 219 g/mol. The van der Waals surface area contributed by atoms with Gasteiger partial charge in [0, 0.05) is 25.5 Å². The second-order valence-electron chi connectivity index (χ2n) is 4.50. The number of likely N-dealkylation sites (N-methyl/N-ethyl adjacent to an activating group) is 1. The van der Waals surface area contributed by atoms with Gasteiger partial charge in [-0.1, -0.05) is 0 Å². The fraction of sp³-hybridized carbons (Fsp3) is 0.615. The van der Waals surface area contributed by atoms with Gasteiger partial charge in [-0.05, 0) is 56.6 Å². The first-order valence-corrected chi connectivity index (χ1v) is 6.17. The average Bonchev–Trinajstić information content (AvgIpc) is 2.38. The molecule has 1 saturated heterocycles. The summed E-state index contributed by atoms with van der Waals surface area (Å²) in [5.74, 6) is 0.744. The van der Waals surface area contributed by atoms with Gasteiger partial charge in [0.25, 0.3) is 0 Å². The van der Waals surface area contributed by atoms with Crippen LogP contribution < -0.4 is 5.32 Å². The van der Waals surface area contributed by atoms with E-state index in [1.807, 2.05) is 19.4 Å². The van der Waals surface area contributed by atoms with Gasteiger partial charge in [0.15, 0.2) is 0 Å². The lowest BCUT2D eigenvalue weighted by Crippen LogP contribution is -2.37. The number of likely N-dealkylation sites (tertiary alicyclic amines) is 1. The van der Waals surface area contributed by atoms with Crippen molar-refractivity contribution in [3.05, 3.63) is 30.1 Å². The van der Waals surface area contributed by atoms with Crippen molar-refractivity contribution in [1.29, 1.82) is 0 Å². The standard InChI is InChI=1S/C13H21N3/c1-14-8-11-16-9-4-13(5-10-16)12-2-6-15-7-3-12/h2-3,6-7,13-14H,4-5,8-11H2,1H3. The molecule has 2 heterocycles. The van der Waals surface area contributed by atoms with Crippen molar-refractivity contribution >= 4 is 0 Å². The molecule has 0 bridgehead atoms. The van der Waals surface area contributed by atoms with E-state index in [1.165, 1.54) is 38.0 Å². The topological polar surface area (TPSA) is 28.2 Å². The predicted molar refractivity (Wildman–Crippen MR) is 66.6 cm³/mol. The monoisotopic (exact) mass is 219 g/mol. The molecule has 16 heavy (non-hydrogen) atoms. The zero-order valence-corrected chi connectivity index (χ0v) is 10.0. The van der Waals surface area contributed by atoms with Gasteiger partial charge in [0.05, 0.1) is 0 Å². The summed E-state index contributed by atoms with van der Waals surface area (Å²) in [5, 5.41) is 3.21. The highest BCUT2D eigenvalue weighted by molar-refractivity contribution is 5.16. The Morgan fingerprint density at radius 3 is 2.62 bits per heavy atom. The van der Waals surface area contributed by atoms with Crippen LogP contribution in [0, 0.1) is 0 Å². The second-order valence-corrected chi connectivity index (χ2v) is 4.50. The Morgan fingerprint density at radius 2 is 2.00 bits per heavy atom. The number of nitrogens with zero attached hydrogens (tertiary/aromatic N) is 2. The minimum absolute atomic E-state index is 0.744. The fourth-order valence-corrected chi connectivity index (χ4v) is 2.40. The summed E-state index contributed by atoms with van der Waals surface area (Å²) in [6.07, 6.45) is 6.38. The number of hydrogen-bond donors (Lipinski definition) is 1. The molecule has 1 aliphatic rings. The van der Waals surface area contributed by atoms with Crippen LogP contribution in [0.4, 0.5) is 0 Å². The van der Waals surface area contributed by atoms with E-state index in [9.17, 15) is 0 Å². The first-order valence-electron chi connectivity index (χ1n) is 6.17. The molecule has 2 rings (SSSR count). The van der Waals surface area contributed by atoms with Crippen LogP contribution in [-0.4, -0.2) is 43.1 Å². The van der Waals surface area contributed by atoms with Crippen molar-refractivity contribution in [3.63, 3.8) is 0 Å². The largest absolute Gasteiger partial charge is 0.318 e. The maximum Gasteiger partial charge on any atom is 0.0270 e. The fourth-order valence-electron chi connectivity index (χ4n) is 2.40. The van der Waals surface area contributed by atoms with Crippen LogP contribution in [-0.2, 0) is 0 Å². The van der Waals surface area contributed by atoms with Gasteiger partial charge in [0.1, 0.15) is 0 Å². The Labute approximate surface area is 97.9 Å². The molecule has 1 aromatic rings. The lowest BCUT2D eigenvalue weighted by atomic mass is 9.90. The third kappa shape index (κ3) is 3.03. The highest BCUT2D eigenvalue weighted by Gasteiger charge is 2.19. The van der Waals surface area contributed by atoms with Gasteiger partial charge in [-0.3, -0.25) is 4.98 Å². The highest BCUT2D eigenvalue weighted by atomic mass is 15.1. The first-order chi connectivity index (χ1) is 7.90. The minimum Gasteiger partial charge on any atom is -0.318 e. The quantitative estimate of drug-likeness (QED) is 0.831. The summed E-state index contributed by atoms with van der Waals surface area (Å²) in [6.45, 7) is 4.74. The van der Waals surface area contributed by atoms with Crippen LogP contribution in [0.25, 0.3) is 0 Å². The molecule has 0 atom stereocenters. The summed E-state index contributed by atoms with van der Waals surface area (Å²) in [4.78, 5) is 6.63. The molecule has 0 spiro atoms. The molecular weight excluding hydrogens is 198 g/mol. The smallest absolute Gasteiger partial charge is 0.0270 e. The molecule has 0 aromatic carbocycles. The van der Waals surface area contributed by atoms with Crippen LogP contribution in [0.3, 0.4) is 0 Å². The number of rotatable bonds is 4. The summed E-state index contributed by atoms with van der Waals surface area (Å²) in [5.41, 5.74) is 1.46. The van der Waals surface area contributed by atoms with Gasteiger partial charge < -0.3 is 10.2 Å². The van der Waals surface area contributed by atoms with E-state index in [-0.39, 0.29) is 0 Å². The van der Waals surface area contributed by atoms with E-state index >= 15 is 0 Å². The third-order valence-corrected chi connectivity index (χ3v) is 3.44. The Morgan fingerprint density at radius 1 is 1.31 bits per heavy atom. The van der Waals surface area contributed by atoms with Crippen molar-refractivity contribution in [2.24, 2.45) is 0 Å².